The van der Waals surface area contributed by atoms with Crippen molar-refractivity contribution in [1.29, 1.82) is 0 Å². The molecule has 1 saturated heterocycles. The number of hydrogen-bond acceptors (Lipinski definition) is 4. The summed E-state index contributed by atoms with van der Waals surface area (Å²) in [5.41, 5.74) is -0.946. The number of alkyl halides is 3. The molecule has 2 aromatic rings. The van der Waals surface area contributed by atoms with Crippen LogP contribution < -0.4 is 0 Å². The average molecular weight is 433 g/mol. The number of nitrogens with zero attached hydrogens (tertiary/aromatic N) is 2. The van der Waals surface area contributed by atoms with Crippen LogP contribution in [0, 0.1) is 0 Å². The van der Waals surface area contributed by atoms with Gasteiger partial charge in [0.1, 0.15) is 5.01 Å². The Morgan fingerprint density at radius 1 is 1.11 bits per heavy atom. The van der Waals surface area contributed by atoms with Crippen molar-refractivity contribution < 1.29 is 21.6 Å². The maximum atomic E-state index is 13.2. The fourth-order valence-corrected chi connectivity index (χ4v) is 6.03. The molecule has 1 aliphatic heterocycles. The van der Waals surface area contributed by atoms with Gasteiger partial charge in [0.05, 0.1) is 16.5 Å². The van der Waals surface area contributed by atoms with Gasteiger partial charge >= 0.3 is 6.18 Å². The summed E-state index contributed by atoms with van der Waals surface area (Å²) in [6, 6.07) is 3.31. The lowest BCUT2D eigenvalue weighted by atomic mass is 9.96. The minimum Gasteiger partial charge on any atom is -0.248 e. The van der Waals surface area contributed by atoms with Crippen LogP contribution in [0.4, 0.5) is 13.2 Å². The molecule has 1 aromatic heterocycles. The molecule has 0 amide bonds. The van der Waals surface area contributed by atoms with Gasteiger partial charge in [-0.2, -0.15) is 17.5 Å². The van der Waals surface area contributed by atoms with Crippen LogP contribution in [0.1, 0.15) is 61.5 Å². The summed E-state index contributed by atoms with van der Waals surface area (Å²) >= 11 is 1.50. The van der Waals surface area contributed by atoms with Crippen LogP contribution in [-0.2, 0) is 21.6 Å². The van der Waals surface area contributed by atoms with Crippen molar-refractivity contribution >= 4 is 21.4 Å². The zero-order chi connectivity index (χ0) is 20.7. The minimum atomic E-state index is -4.50. The molecule has 1 atom stereocenters. The van der Waals surface area contributed by atoms with Crippen LogP contribution in [0.3, 0.4) is 0 Å². The van der Waals surface area contributed by atoms with Gasteiger partial charge in [0.2, 0.25) is 10.0 Å². The maximum Gasteiger partial charge on any atom is 0.416 e. The molecular formula is C19H23F3N2O2S2. The van der Waals surface area contributed by atoms with Crippen LogP contribution in [0.25, 0.3) is 0 Å². The van der Waals surface area contributed by atoms with Gasteiger partial charge < -0.3 is 0 Å². The van der Waals surface area contributed by atoms with E-state index in [2.05, 4.69) is 25.8 Å². The maximum absolute atomic E-state index is 13.2. The molecule has 0 saturated carbocycles. The molecule has 0 aliphatic carbocycles. The summed E-state index contributed by atoms with van der Waals surface area (Å²) in [7, 11) is -3.92. The Morgan fingerprint density at radius 2 is 1.75 bits per heavy atom. The second-order valence-electron chi connectivity index (χ2n) is 7.96. The molecule has 1 aromatic carbocycles. The Kier molecular flexibility index (Phi) is 5.64. The molecule has 1 fully saturated rings. The summed E-state index contributed by atoms with van der Waals surface area (Å²) in [5.74, 6) is 0. The number of aromatic nitrogens is 1. The number of sulfonamides is 1. The van der Waals surface area contributed by atoms with Crippen LogP contribution in [0.2, 0.25) is 0 Å². The van der Waals surface area contributed by atoms with Crippen molar-refractivity contribution in [1.82, 2.24) is 9.29 Å². The van der Waals surface area contributed by atoms with E-state index >= 15 is 0 Å². The zero-order valence-electron chi connectivity index (χ0n) is 16.0. The molecule has 3 rings (SSSR count). The third kappa shape index (κ3) is 4.26. The molecular weight excluding hydrogens is 409 g/mol. The molecule has 0 radical (unpaired) electrons. The zero-order valence-corrected chi connectivity index (χ0v) is 17.6. The Bertz CT molecular complexity index is 929. The molecule has 4 nitrogen and oxygen atoms in total. The molecule has 154 valence electrons. The Labute approximate surface area is 167 Å². The summed E-state index contributed by atoms with van der Waals surface area (Å²) < 4.78 is 66.1. The monoisotopic (exact) mass is 432 g/mol. The highest BCUT2D eigenvalue weighted by Gasteiger charge is 2.37. The van der Waals surface area contributed by atoms with Crippen molar-refractivity contribution in [2.24, 2.45) is 0 Å². The fourth-order valence-electron chi connectivity index (χ4n) is 3.18. The first kappa shape index (κ1) is 21.3. The fraction of sp³-hybridized carbons (Fsp3) is 0.526. The van der Waals surface area contributed by atoms with Crippen molar-refractivity contribution in [3.05, 3.63) is 45.9 Å². The number of piperidine rings is 1. The van der Waals surface area contributed by atoms with Crippen molar-refractivity contribution in [2.45, 2.75) is 62.6 Å². The van der Waals surface area contributed by atoms with Crippen molar-refractivity contribution in [3.8, 4) is 0 Å². The highest BCUT2D eigenvalue weighted by molar-refractivity contribution is 7.89. The van der Waals surface area contributed by atoms with Gasteiger partial charge in [-0.3, -0.25) is 0 Å². The quantitative estimate of drug-likeness (QED) is 0.655. The molecule has 9 heteroatoms. The van der Waals surface area contributed by atoms with Gasteiger partial charge in [-0.1, -0.05) is 27.2 Å². The Morgan fingerprint density at radius 3 is 2.29 bits per heavy atom. The van der Waals surface area contributed by atoms with E-state index in [9.17, 15) is 21.6 Å². The molecule has 1 aliphatic rings. The standard InChI is InChI=1S/C19H23F3N2O2S2/c1-18(2,3)16-12-23-17(27-16)15-6-4-5-11-24(15)28(25,26)14-9-7-13(8-10-14)19(20,21)22/h7-10,12,15H,4-6,11H2,1-3H3/t15-/m0/s1. The third-order valence-electron chi connectivity index (χ3n) is 4.79. The molecule has 0 spiro atoms. The summed E-state index contributed by atoms with van der Waals surface area (Å²) in [6.45, 7) is 6.55. The van der Waals surface area contributed by atoms with Crippen LogP contribution in [-0.4, -0.2) is 24.3 Å². The highest BCUT2D eigenvalue weighted by Crippen LogP contribution is 2.39. The third-order valence-corrected chi connectivity index (χ3v) is 8.24. The molecule has 0 N–H and O–H groups in total. The van der Waals surface area contributed by atoms with Crippen LogP contribution >= 0.6 is 11.3 Å². The Balaban J connectivity index is 1.93. The number of thiazole rings is 1. The lowest BCUT2D eigenvalue weighted by Crippen LogP contribution is -2.38. The lowest BCUT2D eigenvalue weighted by Gasteiger charge is -2.33. The van der Waals surface area contributed by atoms with E-state index < -0.39 is 21.8 Å². The van der Waals surface area contributed by atoms with E-state index in [1.807, 2.05) is 0 Å². The van der Waals surface area contributed by atoms with Gasteiger partial charge in [-0.25, -0.2) is 13.4 Å². The van der Waals surface area contributed by atoms with Crippen molar-refractivity contribution in [3.63, 3.8) is 0 Å². The minimum absolute atomic E-state index is 0.0816. The topological polar surface area (TPSA) is 50.3 Å². The first-order valence-corrected chi connectivity index (χ1v) is 11.3. The summed E-state index contributed by atoms with van der Waals surface area (Å²) in [6.07, 6.45) is -0.462. The second-order valence-corrected chi connectivity index (χ2v) is 10.9. The first-order chi connectivity index (χ1) is 12.9. The van der Waals surface area contributed by atoms with E-state index in [1.165, 1.54) is 15.6 Å². The van der Waals surface area contributed by atoms with E-state index in [0.29, 0.717) is 19.4 Å². The number of rotatable bonds is 3. The smallest absolute Gasteiger partial charge is 0.248 e. The van der Waals surface area contributed by atoms with Crippen molar-refractivity contribution in [2.75, 3.05) is 6.54 Å². The van der Waals surface area contributed by atoms with Crippen LogP contribution in [0.5, 0.6) is 0 Å². The largest absolute Gasteiger partial charge is 0.416 e. The van der Waals surface area contributed by atoms with Gasteiger partial charge in [0.15, 0.2) is 0 Å². The van der Waals surface area contributed by atoms with E-state index in [1.54, 1.807) is 6.20 Å². The van der Waals surface area contributed by atoms with E-state index in [0.717, 1.165) is 40.6 Å². The first-order valence-electron chi connectivity index (χ1n) is 9.06. The SMILES string of the molecule is CC(C)(C)c1cnc([C@@H]2CCCCN2S(=O)(=O)c2ccc(C(F)(F)F)cc2)s1. The summed E-state index contributed by atoms with van der Waals surface area (Å²) in [4.78, 5) is 5.42. The normalized spacial score (nSPS) is 19.7. The number of benzene rings is 1. The second kappa shape index (κ2) is 7.42. The number of halogens is 3. The highest BCUT2D eigenvalue weighted by atomic mass is 32.2. The van der Waals surface area contributed by atoms with Gasteiger partial charge in [-0.15, -0.1) is 11.3 Å². The Hall–Kier alpha value is -1.45. The predicted octanol–water partition coefficient (Wildman–Crippen LogP) is 5.38. The predicted molar refractivity (Wildman–Crippen MR) is 103 cm³/mol. The van der Waals surface area contributed by atoms with Gasteiger partial charge in [0.25, 0.3) is 0 Å². The molecule has 2 heterocycles. The summed E-state index contributed by atoms with van der Waals surface area (Å²) in [5, 5.41) is 0.736. The lowest BCUT2D eigenvalue weighted by molar-refractivity contribution is -0.137. The molecule has 0 unspecified atom stereocenters. The average Bonchev–Trinajstić information content (AvgIpc) is 3.11. The van der Waals surface area contributed by atoms with E-state index in [4.69, 9.17) is 0 Å². The van der Waals surface area contributed by atoms with Crippen LogP contribution in [0.15, 0.2) is 35.4 Å². The van der Waals surface area contributed by atoms with Gasteiger partial charge in [-0.05, 0) is 42.5 Å². The molecule has 28 heavy (non-hydrogen) atoms. The van der Waals surface area contributed by atoms with Gasteiger partial charge in [0, 0.05) is 17.6 Å². The van der Waals surface area contributed by atoms with E-state index in [-0.39, 0.29) is 16.4 Å². The number of hydrogen-bond donors (Lipinski definition) is 0. The molecule has 0 bridgehead atoms.